The number of aromatic nitrogens is 3. The highest BCUT2D eigenvalue weighted by Crippen LogP contribution is 2.30. The lowest BCUT2D eigenvalue weighted by molar-refractivity contribution is -0.384. The second-order valence-electron chi connectivity index (χ2n) is 7.32. The van der Waals surface area contributed by atoms with Crippen LogP contribution in [0.25, 0.3) is 11.4 Å². The second-order valence-corrected chi connectivity index (χ2v) is 8.63. The Bertz CT molecular complexity index is 1270. The van der Waals surface area contributed by atoms with Crippen molar-refractivity contribution in [2.24, 2.45) is 0 Å². The first-order valence-corrected chi connectivity index (χ1v) is 11.0. The van der Waals surface area contributed by atoms with Crippen molar-refractivity contribution in [2.75, 3.05) is 5.32 Å². The fourth-order valence-electron chi connectivity index (χ4n) is 3.22. The minimum Gasteiger partial charge on any atom is -0.469 e. The van der Waals surface area contributed by atoms with Crippen LogP contribution < -0.4 is 5.32 Å². The summed E-state index contributed by atoms with van der Waals surface area (Å²) in [5.74, 6) is 1.15. The molecule has 0 saturated carbocycles. The quantitative estimate of drug-likeness (QED) is 0.224. The van der Waals surface area contributed by atoms with E-state index in [0.717, 1.165) is 16.9 Å². The van der Waals surface area contributed by atoms with Crippen molar-refractivity contribution < 1.29 is 14.1 Å². The van der Waals surface area contributed by atoms with E-state index in [1.54, 1.807) is 13.2 Å². The number of non-ortho nitro benzene ring substituents is 1. The molecule has 10 heteroatoms. The van der Waals surface area contributed by atoms with Gasteiger partial charge in [-0.15, -0.1) is 10.2 Å². The molecule has 0 aliphatic carbocycles. The predicted molar refractivity (Wildman–Crippen MR) is 125 cm³/mol. The van der Waals surface area contributed by atoms with Crippen LogP contribution in [0.1, 0.15) is 18.2 Å². The van der Waals surface area contributed by atoms with Gasteiger partial charge in [0, 0.05) is 17.8 Å². The van der Waals surface area contributed by atoms with Gasteiger partial charge in [0.1, 0.15) is 5.76 Å². The number of hydrogen-bond donors (Lipinski definition) is 1. The smallest absolute Gasteiger partial charge is 0.269 e. The summed E-state index contributed by atoms with van der Waals surface area (Å²) in [4.78, 5) is 23.1. The van der Waals surface area contributed by atoms with Crippen molar-refractivity contribution in [1.82, 2.24) is 14.8 Å². The third-order valence-corrected chi connectivity index (χ3v) is 6.08. The molecule has 2 aromatic heterocycles. The summed E-state index contributed by atoms with van der Waals surface area (Å²) in [6.07, 6.45) is 1.61. The Labute approximate surface area is 194 Å². The molecule has 1 amide bonds. The standard InChI is InChI=1S/C23H21N5O4S/c1-15-20(12-13-32-15)21-25-26-23(27(21)14-17-6-4-3-5-7-17)33-16(2)22(29)24-18-8-10-19(11-9-18)28(30)31/h3-13,16H,14H2,1-2H3,(H,24,29). The third kappa shape index (κ3) is 5.12. The van der Waals surface area contributed by atoms with Crippen molar-refractivity contribution in [3.63, 3.8) is 0 Å². The molecule has 4 aromatic rings. The zero-order valence-corrected chi connectivity index (χ0v) is 18.8. The Morgan fingerprint density at radius 2 is 1.88 bits per heavy atom. The van der Waals surface area contributed by atoms with Gasteiger partial charge >= 0.3 is 0 Å². The van der Waals surface area contributed by atoms with Crippen LogP contribution in [-0.2, 0) is 11.3 Å². The van der Waals surface area contributed by atoms with Gasteiger partial charge in [-0.05, 0) is 37.6 Å². The molecule has 0 saturated heterocycles. The van der Waals surface area contributed by atoms with E-state index >= 15 is 0 Å². The number of carbonyl (C=O) groups is 1. The van der Waals surface area contributed by atoms with Gasteiger partial charge < -0.3 is 9.73 Å². The molecule has 0 fully saturated rings. The highest BCUT2D eigenvalue weighted by Gasteiger charge is 2.22. The maximum atomic E-state index is 12.8. The number of carbonyl (C=O) groups excluding carboxylic acids is 1. The number of rotatable bonds is 8. The number of aryl methyl sites for hydroxylation is 1. The number of thioether (sulfide) groups is 1. The number of anilines is 1. The SMILES string of the molecule is Cc1occc1-c1nnc(SC(C)C(=O)Nc2ccc([N+](=O)[O-])cc2)n1Cc1ccccc1. The number of benzene rings is 2. The summed E-state index contributed by atoms with van der Waals surface area (Å²) in [7, 11) is 0. The predicted octanol–water partition coefficient (Wildman–Crippen LogP) is 4.92. The largest absolute Gasteiger partial charge is 0.469 e. The molecule has 2 aromatic carbocycles. The number of nitrogens with one attached hydrogen (secondary N) is 1. The second kappa shape index (κ2) is 9.70. The van der Waals surface area contributed by atoms with E-state index in [2.05, 4.69) is 15.5 Å². The van der Waals surface area contributed by atoms with E-state index in [4.69, 9.17) is 4.42 Å². The minimum absolute atomic E-state index is 0.0356. The lowest BCUT2D eigenvalue weighted by Crippen LogP contribution is -2.23. The van der Waals surface area contributed by atoms with Gasteiger partial charge in [-0.2, -0.15) is 0 Å². The van der Waals surface area contributed by atoms with Gasteiger partial charge in [-0.25, -0.2) is 0 Å². The van der Waals surface area contributed by atoms with Gasteiger partial charge in [0.2, 0.25) is 5.91 Å². The molecule has 9 nitrogen and oxygen atoms in total. The number of amides is 1. The maximum Gasteiger partial charge on any atom is 0.269 e. The molecule has 2 heterocycles. The summed E-state index contributed by atoms with van der Waals surface area (Å²) in [5, 5.41) is 22.4. The number of hydrogen-bond acceptors (Lipinski definition) is 7. The molecule has 0 radical (unpaired) electrons. The summed E-state index contributed by atoms with van der Waals surface area (Å²) < 4.78 is 7.41. The number of nitro benzene ring substituents is 1. The van der Waals surface area contributed by atoms with Gasteiger partial charge in [0.25, 0.3) is 5.69 Å². The summed E-state index contributed by atoms with van der Waals surface area (Å²) in [6.45, 7) is 4.17. The summed E-state index contributed by atoms with van der Waals surface area (Å²) >= 11 is 1.29. The van der Waals surface area contributed by atoms with E-state index in [-0.39, 0.29) is 11.6 Å². The van der Waals surface area contributed by atoms with Crippen LogP contribution in [0.2, 0.25) is 0 Å². The minimum atomic E-state index is -0.489. The number of furan rings is 1. The van der Waals surface area contributed by atoms with Gasteiger partial charge in [-0.3, -0.25) is 19.5 Å². The first-order valence-electron chi connectivity index (χ1n) is 10.2. The Hall–Kier alpha value is -3.92. The molecule has 0 bridgehead atoms. The fraction of sp³-hybridized carbons (Fsp3) is 0.174. The lowest BCUT2D eigenvalue weighted by atomic mass is 10.2. The molecular formula is C23H21N5O4S. The first-order chi connectivity index (χ1) is 15.9. The average Bonchev–Trinajstić information content (AvgIpc) is 3.40. The van der Waals surface area contributed by atoms with Crippen molar-refractivity contribution >= 4 is 29.0 Å². The summed E-state index contributed by atoms with van der Waals surface area (Å²) in [5.41, 5.74) is 2.36. The topological polar surface area (TPSA) is 116 Å². The number of nitro groups is 1. The molecule has 0 spiro atoms. The van der Waals surface area contributed by atoms with Crippen molar-refractivity contribution in [2.45, 2.75) is 30.8 Å². The van der Waals surface area contributed by atoms with E-state index < -0.39 is 10.2 Å². The van der Waals surface area contributed by atoms with Gasteiger partial charge in [0.05, 0.1) is 28.5 Å². The number of nitrogens with zero attached hydrogens (tertiary/aromatic N) is 4. The van der Waals surface area contributed by atoms with Gasteiger partial charge in [-0.1, -0.05) is 42.1 Å². The Balaban J connectivity index is 1.55. The molecule has 33 heavy (non-hydrogen) atoms. The Kier molecular flexibility index (Phi) is 6.55. The molecule has 168 valence electrons. The maximum absolute atomic E-state index is 12.8. The highest BCUT2D eigenvalue weighted by atomic mass is 32.2. The molecule has 4 rings (SSSR count). The zero-order chi connectivity index (χ0) is 23.4. The van der Waals surface area contributed by atoms with Crippen molar-refractivity contribution in [3.05, 3.63) is 88.4 Å². The zero-order valence-electron chi connectivity index (χ0n) is 18.0. The third-order valence-electron chi connectivity index (χ3n) is 5.00. The van der Waals surface area contributed by atoms with E-state index in [1.807, 2.05) is 47.9 Å². The van der Waals surface area contributed by atoms with Crippen molar-refractivity contribution in [3.8, 4) is 11.4 Å². The lowest BCUT2D eigenvalue weighted by Gasteiger charge is -2.14. The molecule has 1 atom stereocenters. The van der Waals surface area contributed by atoms with E-state index in [1.165, 1.54) is 36.0 Å². The fourth-order valence-corrected chi connectivity index (χ4v) is 4.07. The molecule has 0 aliphatic rings. The normalized spacial score (nSPS) is 11.8. The molecule has 1 N–H and O–H groups in total. The summed E-state index contributed by atoms with van der Waals surface area (Å²) in [6, 6.07) is 17.5. The molecule has 1 unspecified atom stereocenters. The highest BCUT2D eigenvalue weighted by molar-refractivity contribution is 8.00. The average molecular weight is 464 g/mol. The van der Waals surface area contributed by atoms with Crippen LogP contribution in [-0.4, -0.2) is 30.8 Å². The van der Waals surface area contributed by atoms with Gasteiger partial charge in [0.15, 0.2) is 11.0 Å². The molecule has 0 aliphatic heterocycles. The van der Waals surface area contributed by atoms with Crippen LogP contribution in [0, 0.1) is 17.0 Å². The van der Waals surface area contributed by atoms with Crippen LogP contribution >= 0.6 is 11.8 Å². The van der Waals surface area contributed by atoms with Crippen molar-refractivity contribution in [1.29, 1.82) is 0 Å². The van der Waals surface area contributed by atoms with Crippen LogP contribution in [0.3, 0.4) is 0 Å². The van der Waals surface area contributed by atoms with E-state index in [9.17, 15) is 14.9 Å². The Morgan fingerprint density at radius 3 is 2.52 bits per heavy atom. The van der Waals surface area contributed by atoms with E-state index in [0.29, 0.717) is 23.2 Å². The van der Waals surface area contributed by atoms with Crippen LogP contribution in [0.4, 0.5) is 11.4 Å². The molecular weight excluding hydrogens is 442 g/mol. The first kappa shape index (κ1) is 22.3. The monoisotopic (exact) mass is 463 g/mol. The van der Waals surface area contributed by atoms with Crippen LogP contribution in [0.15, 0.2) is 76.5 Å². The van der Waals surface area contributed by atoms with Crippen LogP contribution in [0.5, 0.6) is 0 Å². The Morgan fingerprint density at radius 1 is 1.15 bits per heavy atom.